The zero-order valence-corrected chi connectivity index (χ0v) is 11.0. The first-order chi connectivity index (χ1) is 8.91. The summed E-state index contributed by atoms with van der Waals surface area (Å²) in [5, 5.41) is 21.2. The van der Waals surface area contributed by atoms with E-state index in [0.29, 0.717) is 12.0 Å². The van der Waals surface area contributed by atoms with E-state index < -0.39 is 24.0 Å². The van der Waals surface area contributed by atoms with Gasteiger partial charge in [-0.2, -0.15) is 0 Å². The van der Waals surface area contributed by atoms with Crippen molar-refractivity contribution in [2.24, 2.45) is 5.92 Å². The molecule has 0 spiro atoms. The Hall–Kier alpha value is -1.88. The number of carboxylic acid groups (broad SMARTS) is 1. The van der Waals surface area contributed by atoms with Gasteiger partial charge in [0.15, 0.2) is 6.10 Å². The highest BCUT2D eigenvalue weighted by atomic mass is 16.4. The molecule has 5 heteroatoms. The number of hydrogen-bond donors (Lipinski definition) is 3. The third kappa shape index (κ3) is 4.71. The van der Waals surface area contributed by atoms with Crippen molar-refractivity contribution >= 4 is 11.9 Å². The van der Waals surface area contributed by atoms with Crippen molar-refractivity contribution in [3.05, 3.63) is 35.9 Å². The Bertz CT molecular complexity index is 430. The SMILES string of the molecule is CC(C)C[C@@H](NC(=O)C(O)c1ccccc1)C(=O)O. The van der Waals surface area contributed by atoms with Crippen molar-refractivity contribution in [2.45, 2.75) is 32.4 Å². The Balaban J connectivity index is 2.69. The molecule has 1 unspecified atom stereocenters. The third-order valence-electron chi connectivity index (χ3n) is 2.69. The fourth-order valence-electron chi connectivity index (χ4n) is 1.73. The van der Waals surface area contributed by atoms with Crippen molar-refractivity contribution in [3.63, 3.8) is 0 Å². The molecule has 0 aliphatic heterocycles. The van der Waals surface area contributed by atoms with Crippen molar-refractivity contribution in [1.29, 1.82) is 0 Å². The maximum absolute atomic E-state index is 11.8. The number of carboxylic acids is 1. The summed E-state index contributed by atoms with van der Waals surface area (Å²) in [4.78, 5) is 22.8. The molecule has 0 aromatic heterocycles. The van der Waals surface area contributed by atoms with Crippen LogP contribution in [0.4, 0.5) is 0 Å². The molecule has 0 saturated heterocycles. The first-order valence-electron chi connectivity index (χ1n) is 6.18. The monoisotopic (exact) mass is 265 g/mol. The zero-order chi connectivity index (χ0) is 14.4. The lowest BCUT2D eigenvalue weighted by atomic mass is 10.0. The first-order valence-corrected chi connectivity index (χ1v) is 6.18. The molecule has 0 radical (unpaired) electrons. The Kier molecular flexibility index (Phi) is 5.51. The average Bonchev–Trinajstić information content (AvgIpc) is 2.37. The zero-order valence-electron chi connectivity index (χ0n) is 11.0. The second kappa shape index (κ2) is 6.89. The van der Waals surface area contributed by atoms with Crippen molar-refractivity contribution in [2.75, 3.05) is 0 Å². The van der Waals surface area contributed by atoms with Crippen LogP contribution in [0.25, 0.3) is 0 Å². The van der Waals surface area contributed by atoms with E-state index in [9.17, 15) is 14.7 Å². The highest BCUT2D eigenvalue weighted by Gasteiger charge is 2.25. The molecule has 104 valence electrons. The molecule has 5 nitrogen and oxygen atoms in total. The number of aliphatic carboxylic acids is 1. The molecule has 0 bridgehead atoms. The standard InChI is InChI=1S/C14H19NO4/c1-9(2)8-11(14(18)19)15-13(17)12(16)10-6-4-3-5-7-10/h3-7,9,11-12,16H,8H2,1-2H3,(H,15,17)(H,18,19)/t11-,12?/m1/s1. The van der Waals surface area contributed by atoms with E-state index in [-0.39, 0.29) is 5.92 Å². The molecule has 0 aliphatic carbocycles. The van der Waals surface area contributed by atoms with Crippen molar-refractivity contribution in [3.8, 4) is 0 Å². The van der Waals surface area contributed by atoms with Crippen LogP contribution in [0, 0.1) is 5.92 Å². The summed E-state index contributed by atoms with van der Waals surface area (Å²) in [5.41, 5.74) is 0.439. The summed E-state index contributed by atoms with van der Waals surface area (Å²) in [6.07, 6.45) is -1.03. The first kappa shape index (κ1) is 15.2. The van der Waals surface area contributed by atoms with E-state index in [2.05, 4.69) is 5.32 Å². The van der Waals surface area contributed by atoms with E-state index >= 15 is 0 Å². The average molecular weight is 265 g/mol. The predicted molar refractivity (Wildman–Crippen MR) is 70.4 cm³/mol. The topological polar surface area (TPSA) is 86.6 Å². The van der Waals surface area contributed by atoms with E-state index in [1.165, 1.54) is 0 Å². The van der Waals surface area contributed by atoms with Gasteiger partial charge in [0.25, 0.3) is 5.91 Å². The maximum Gasteiger partial charge on any atom is 0.326 e. The second-order valence-electron chi connectivity index (χ2n) is 4.84. The van der Waals surface area contributed by atoms with Gasteiger partial charge in [-0.3, -0.25) is 4.79 Å². The molecule has 0 fully saturated rings. The third-order valence-corrected chi connectivity index (χ3v) is 2.69. The summed E-state index contributed by atoms with van der Waals surface area (Å²) in [6.45, 7) is 3.74. The maximum atomic E-state index is 11.8. The van der Waals surface area contributed by atoms with Crippen LogP contribution in [0.15, 0.2) is 30.3 Å². The second-order valence-corrected chi connectivity index (χ2v) is 4.84. The normalized spacial score (nSPS) is 13.9. The number of amides is 1. The van der Waals surface area contributed by atoms with Gasteiger partial charge in [0.2, 0.25) is 0 Å². The van der Waals surface area contributed by atoms with E-state index in [0.717, 1.165) is 0 Å². The number of rotatable bonds is 6. The number of nitrogens with one attached hydrogen (secondary N) is 1. The van der Waals surface area contributed by atoms with Gasteiger partial charge in [-0.25, -0.2) is 4.79 Å². The molecule has 0 heterocycles. The van der Waals surface area contributed by atoms with Crippen LogP contribution in [0.5, 0.6) is 0 Å². The fraction of sp³-hybridized carbons (Fsp3) is 0.429. The van der Waals surface area contributed by atoms with Crippen LogP contribution in [0.2, 0.25) is 0 Å². The van der Waals surface area contributed by atoms with Crippen LogP contribution < -0.4 is 5.32 Å². The van der Waals surface area contributed by atoms with E-state index in [4.69, 9.17) is 5.11 Å². The van der Waals surface area contributed by atoms with E-state index in [1.807, 2.05) is 13.8 Å². The molecule has 1 aromatic rings. The number of aliphatic hydroxyl groups excluding tert-OH is 1. The summed E-state index contributed by atoms with van der Waals surface area (Å²) in [5.74, 6) is -1.66. The lowest BCUT2D eigenvalue weighted by Crippen LogP contribution is -2.43. The molecule has 19 heavy (non-hydrogen) atoms. The molecular formula is C14H19NO4. The van der Waals surface area contributed by atoms with Gasteiger partial charge < -0.3 is 15.5 Å². The van der Waals surface area contributed by atoms with Gasteiger partial charge >= 0.3 is 5.97 Å². The lowest BCUT2D eigenvalue weighted by molar-refractivity contribution is -0.144. The largest absolute Gasteiger partial charge is 0.480 e. The molecule has 1 rings (SSSR count). The van der Waals surface area contributed by atoms with Crippen molar-refractivity contribution < 1.29 is 19.8 Å². The van der Waals surface area contributed by atoms with Gasteiger partial charge in [-0.05, 0) is 17.9 Å². The molecule has 1 amide bonds. The molecule has 1 aromatic carbocycles. The smallest absolute Gasteiger partial charge is 0.326 e. The minimum Gasteiger partial charge on any atom is -0.480 e. The Morgan fingerprint density at radius 2 is 1.79 bits per heavy atom. The Morgan fingerprint density at radius 3 is 2.26 bits per heavy atom. The highest BCUT2D eigenvalue weighted by molar-refractivity contribution is 5.86. The number of carbonyl (C=O) groups excluding carboxylic acids is 1. The minimum atomic E-state index is -1.35. The fourth-order valence-corrected chi connectivity index (χ4v) is 1.73. The van der Waals surface area contributed by atoms with Gasteiger partial charge in [-0.1, -0.05) is 44.2 Å². The molecular weight excluding hydrogens is 246 g/mol. The number of hydrogen-bond acceptors (Lipinski definition) is 3. The molecule has 3 N–H and O–H groups in total. The minimum absolute atomic E-state index is 0.135. The number of aliphatic hydroxyl groups is 1. The van der Waals surface area contributed by atoms with Gasteiger partial charge in [0, 0.05) is 0 Å². The Labute approximate surface area is 112 Å². The predicted octanol–water partition coefficient (Wildman–Crippen LogP) is 1.34. The number of carbonyl (C=O) groups is 2. The van der Waals surface area contributed by atoms with Crippen molar-refractivity contribution in [1.82, 2.24) is 5.32 Å². The Morgan fingerprint density at radius 1 is 1.21 bits per heavy atom. The number of benzene rings is 1. The quantitative estimate of drug-likeness (QED) is 0.724. The lowest BCUT2D eigenvalue weighted by Gasteiger charge is -2.18. The van der Waals surface area contributed by atoms with Gasteiger partial charge in [-0.15, -0.1) is 0 Å². The molecule has 0 aliphatic rings. The molecule has 0 saturated carbocycles. The van der Waals surface area contributed by atoms with Crippen LogP contribution >= 0.6 is 0 Å². The summed E-state index contributed by atoms with van der Waals surface area (Å²) < 4.78 is 0. The summed E-state index contributed by atoms with van der Waals surface area (Å²) >= 11 is 0. The molecule has 2 atom stereocenters. The van der Waals surface area contributed by atoms with Gasteiger partial charge in [0.1, 0.15) is 6.04 Å². The summed E-state index contributed by atoms with van der Waals surface area (Å²) in [6, 6.07) is 7.42. The summed E-state index contributed by atoms with van der Waals surface area (Å²) in [7, 11) is 0. The van der Waals surface area contributed by atoms with Crippen LogP contribution in [-0.2, 0) is 9.59 Å². The van der Waals surface area contributed by atoms with Crippen LogP contribution in [0.3, 0.4) is 0 Å². The van der Waals surface area contributed by atoms with E-state index in [1.54, 1.807) is 30.3 Å². The van der Waals surface area contributed by atoms with Crippen LogP contribution in [0.1, 0.15) is 31.9 Å². The highest BCUT2D eigenvalue weighted by Crippen LogP contribution is 2.13. The van der Waals surface area contributed by atoms with Crippen LogP contribution in [-0.4, -0.2) is 28.1 Å². The van der Waals surface area contributed by atoms with Gasteiger partial charge in [0.05, 0.1) is 0 Å².